The molecule has 2 atom stereocenters. The number of alkyl halides is 4. The van der Waals surface area contributed by atoms with Crippen LogP contribution >= 0.6 is 0 Å². The summed E-state index contributed by atoms with van der Waals surface area (Å²) in [6.45, 7) is 2.43. The minimum atomic E-state index is -4.52. The molecule has 1 aromatic carbocycles. The highest BCUT2D eigenvalue weighted by Crippen LogP contribution is 2.35. The van der Waals surface area contributed by atoms with E-state index in [4.69, 9.17) is 4.52 Å². The summed E-state index contributed by atoms with van der Waals surface area (Å²) in [5.41, 5.74) is 1.46. The van der Waals surface area contributed by atoms with Gasteiger partial charge in [0.25, 0.3) is 5.91 Å². The van der Waals surface area contributed by atoms with Gasteiger partial charge in [0.1, 0.15) is 12.7 Å². The van der Waals surface area contributed by atoms with E-state index >= 15 is 0 Å². The van der Waals surface area contributed by atoms with E-state index in [1.54, 1.807) is 30.3 Å². The molecule has 43 heavy (non-hydrogen) atoms. The van der Waals surface area contributed by atoms with Gasteiger partial charge in [-0.15, -0.1) is 0 Å². The van der Waals surface area contributed by atoms with Gasteiger partial charge in [-0.1, -0.05) is 31.0 Å². The molecule has 1 aliphatic heterocycles. The average molecular weight is 602 g/mol. The summed E-state index contributed by atoms with van der Waals surface area (Å²) in [5.74, 6) is -0.291. The number of nitrogens with zero attached hydrogens (tertiary/aromatic N) is 5. The molecule has 1 aliphatic carbocycles. The molecule has 2 aliphatic rings. The van der Waals surface area contributed by atoms with Gasteiger partial charge >= 0.3 is 6.18 Å². The Labute approximate surface area is 246 Å². The molecule has 6 rings (SSSR count). The van der Waals surface area contributed by atoms with Gasteiger partial charge < -0.3 is 29.2 Å². The number of hydrogen-bond acceptors (Lipinski definition) is 6. The van der Waals surface area contributed by atoms with Crippen molar-refractivity contribution in [3.63, 3.8) is 0 Å². The number of benzene rings is 1. The van der Waals surface area contributed by atoms with Crippen molar-refractivity contribution >= 4 is 22.5 Å². The Morgan fingerprint density at radius 1 is 1.16 bits per heavy atom. The number of amides is 1. The number of fused-ring (bicyclic) bond motifs is 1. The van der Waals surface area contributed by atoms with E-state index in [0.29, 0.717) is 41.2 Å². The zero-order valence-corrected chi connectivity index (χ0v) is 23.9. The van der Waals surface area contributed by atoms with Crippen molar-refractivity contribution in [2.75, 3.05) is 25.0 Å². The van der Waals surface area contributed by atoms with Gasteiger partial charge in [0, 0.05) is 42.6 Å². The quantitative estimate of drug-likeness (QED) is 0.231. The average Bonchev–Trinajstić information content (AvgIpc) is 3.79. The molecule has 0 unspecified atom stereocenters. The topological polar surface area (TPSA) is 93.2 Å². The first-order valence-corrected chi connectivity index (χ1v) is 14.8. The molecule has 2 fully saturated rings. The van der Waals surface area contributed by atoms with Gasteiger partial charge in [0.15, 0.2) is 0 Å². The molecule has 230 valence electrons. The van der Waals surface area contributed by atoms with Crippen LogP contribution < -0.4 is 10.6 Å². The number of likely N-dealkylation sites (tertiary alicyclic amines) is 1. The fraction of sp³-hybridized carbons (Fsp3) is 0.500. The van der Waals surface area contributed by atoms with E-state index in [1.165, 1.54) is 12.8 Å². The highest BCUT2D eigenvalue weighted by molar-refractivity contribution is 5.96. The Morgan fingerprint density at radius 2 is 1.98 bits per heavy atom. The summed E-state index contributed by atoms with van der Waals surface area (Å²) in [4.78, 5) is 19.1. The summed E-state index contributed by atoms with van der Waals surface area (Å²) in [6.07, 6.45) is 3.22. The van der Waals surface area contributed by atoms with Crippen LogP contribution in [0.2, 0.25) is 0 Å². The van der Waals surface area contributed by atoms with E-state index in [9.17, 15) is 22.4 Å². The van der Waals surface area contributed by atoms with E-state index in [1.807, 2.05) is 24.2 Å². The molecule has 1 amide bonds. The second-order valence-electron chi connectivity index (χ2n) is 11.4. The predicted octanol–water partition coefficient (Wildman–Crippen LogP) is 5.94. The van der Waals surface area contributed by atoms with Crippen LogP contribution in [0.4, 0.5) is 23.2 Å². The SMILES string of the molecule is CCN1CC[C@@H](Nc2cccc3c2cc(-c2noc(CNC(=O)c4ccn(C5CCCC5)c4)n2)n3CC(F)(F)F)[C@@H](F)C1. The molecule has 9 nitrogen and oxygen atoms in total. The largest absolute Gasteiger partial charge is 0.406 e. The number of hydrogen-bond donors (Lipinski definition) is 2. The van der Waals surface area contributed by atoms with E-state index in [0.717, 1.165) is 30.5 Å². The number of carbonyl (C=O) groups is 1. The second kappa shape index (κ2) is 12.0. The number of anilines is 1. The standard InChI is InChI=1S/C30H35F4N7O2/c1-2-39-12-11-24(22(31)17-39)36-23-8-5-9-25-21(23)14-26(41(25)18-30(32,33)34)28-37-27(43-38-28)15-35-29(42)19-10-13-40(16-19)20-6-3-4-7-20/h5,8-10,13-14,16,20,22,24,36H,2-4,6-7,11-12,15,17-18H2,1H3,(H,35,42)/t22-,24+/m0/s1. The molecule has 1 saturated carbocycles. The molecule has 0 spiro atoms. The van der Waals surface area contributed by atoms with Crippen molar-refractivity contribution in [3.8, 4) is 11.5 Å². The zero-order chi connectivity index (χ0) is 30.1. The van der Waals surface area contributed by atoms with Crippen LogP contribution in [0.1, 0.15) is 61.3 Å². The first-order chi connectivity index (χ1) is 20.7. The Kier molecular flexibility index (Phi) is 8.17. The van der Waals surface area contributed by atoms with Crippen molar-refractivity contribution in [2.45, 2.75) is 76.5 Å². The smallest absolute Gasteiger partial charge is 0.379 e. The van der Waals surface area contributed by atoms with Crippen LogP contribution in [-0.4, -0.2) is 68.1 Å². The molecule has 13 heteroatoms. The Morgan fingerprint density at radius 3 is 2.72 bits per heavy atom. The number of halogens is 4. The molecule has 4 heterocycles. The van der Waals surface area contributed by atoms with Gasteiger partial charge in [0.05, 0.1) is 29.4 Å². The lowest BCUT2D eigenvalue weighted by atomic mass is 10.0. The molecular formula is C30H35F4N7O2. The summed E-state index contributed by atoms with van der Waals surface area (Å²) in [6, 6.07) is 8.24. The summed E-state index contributed by atoms with van der Waals surface area (Å²) in [5, 5.41) is 10.4. The highest BCUT2D eigenvalue weighted by atomic mass is 19.4. The lowest BCUT2D eigenvalue weighted by molar-refractivity contribution is -0.139. The summed E-state index contributed by atoms with van der Waals surface area (Å²) >= 11 is 0. The minimum Gasteiger partial charge on any atom is -0.379 e. The third kappa shape index (κ3) is 6.41. The van der Waals surface area contributed by atoms with Gasteiger partial charge in [-0.05, 0) is 50.1 Å². The maximum Gasteiger partial charge on any atom is 0.406 e. The summed E-state index contributed by atoms with van der Waals surface area (Å²) in [7, 11) is 0. The van der Waals surface area contributed by atoms with E-state index < -0.39 is 24.9 Å². The van der Waals surface area contributed by atoms with Crippen LogP contribution in [0.25, 0.3) is 22.4 Å². The lowest BCUT2D eigenvalue weighted by Crippen LogP contribution is -2.47. The number of aromatic nitrogens is 4. The lowest BCUT2D eigenvalue weighted by Gasteiger charge is -2.35. The number of piperidine rings is 1. The fourth-order valence-corrected chi connectivity index (χ4v) is 6.23. The van der Waals surface area contributed by atoms with Crippen LogP contribution in [0.3, 0.4) is 0 Å². The van der Waals surface area contributed by atoms with Gasteiger partial charge in [-0.3, -0.25) is 4.79 Å². The molecular weight excluding hydrogens is 566 g/mol. The molecule has 1 saturated heterocycles. The number of nitrogens with one attached hydrogen (secondary N) is 2. The third-order valence-electron chi connectivity index (χ3n) is 8.52. The first-order valence-electron chi connectivity index (χ1n) is 14.8. The van der Waals surface area contributed by atoms with Crippen LogP contribution in [0, 0.1) is 0 Å². The minimum absolute atomic E-state index is 0.0392. The normalized spacial score (nSPS) is 20.2. The summed E-state index contributed by atoms with van der Waals surface area (Å²) < 4.78 is 64.5. The van der Waals surface area contributed by atoms with Gasteiger partial charge in [-0.25, -0.2) is 4.39 Å². The van der Waals surface area contributed by atoms with Crippen molar-refractivity contribution in [3.05, 3.63) is 54.2 Å². The van der Waals surface area contributed by atoms with Crippen molar-refractivity contribution < 1.29 is 26.9 Å². The number of carbonyl (C=O) groups excluding carboxylic acids is 1. The monoisotopic (exact) mass is 601 g/mol. The Bertz CT molecular complexity index is 1570. The highest BCUT2D eigenvalue weighted by Gasteiger charge is 2.32. The Hall–Kier alpha value is -3.87. The molecule has 0 radical (unpaired) electrons. The molecule has 4 aromatic rings. The van der Waals surface area contributed by atoms with Crippen molar-refractivity contribution in [2.24, 2.45) is 0 Å². The van der Waals surface area contributed by atoms with Crippen LogP contribution in [-0.2, 0) is 13.1 Å². The maximum absolute atomic E-state index is 14.9. The Balaban J connectivity index is 1.22. The van der Waals surface area contributed by atoms with Gasteiger partial charge in [0.2, 0.25) is 11.7 Å². The van der Waals surface area contributed by atoms with Crippen LogP contribution in [0.5, 0.6) is 0 Å². The van der Waals surface area contributed by atoms with E-state index in [-0.39, 0.29) is 29.9 Å². The van der Waals surface area contributed by atoms with Crippen molar-refractivity contribution in [1.82, 2.24) is 29.5 Å². The predicted molar refractivity (Wildman–Crippen MR) is 153 cm³/mol. The zero-order valence-electron chi connectivity index (χ0n) is 23.9. The second-order valence-corrected chi connectivity index (χ2v) is 11.4. The van der Waals surface area contributed by atoms with Crippen molar-refractivity contribution in [1.29, 1.82) is 0 Å². The maximum atomic E-state index is 14.9. The first kappa shape index (κ1) is 29.2. The van der Waals surface area contributed by atoms with Gasteiger partial charge in [-0.2, -0.15) is 18.2 Å². The fourth-order valence-electron chi connectivity index (χ4n) is 6.23. The molecule has 0 bridgehead atoms. The molecule has 2 N–H and O–H groups in total. The van der Waals surface area contributed by atoms with E-state index in [2.05, 4.69) is 25.3 Å². The third-order valence-corrected chi connectivity index (χ3v) is 8.52. The van der Waals surface area contributed by atoms with Crippen LogP contribution in [0.15, 0.2) is 47.2 Å². The molecule has 3 aromatic heterocycles. The number of rotatable bonds is 9.